The number of hydrogen-bond donors (Lipinski definition) is 0. The Bertz CT molecular complexity index is 1450. The summed E-state index contributed by atoms with van der Waals surface area (Å²) in [6.07, 6.45) is 2.57. The third kappa shape index (κ3) is 4.18. The van der Waals surface area contributed by atoms with Crippen LogP contribution in [0.25, 0.3) is 11.0 Å². The molecule has 0 radical (unpaired) electrons. The largest absolute Gasteiger partial charge is 0.378 e. The molecule has 0 saturated carbocycles. The van der Waals surface area contributed by atoms with Gasteiger partial charge in [0.25, 0.3) is 5.56 Å². The lowest BCUT2D eigenvalue weighted by atomic mass is 9.97. The maximum absolute atomic E-state index is 13.8. The van der Waals surface area contributed by atoms with Crippen LogP contribution in [0.3, 0.4) is 0 Å². The van der Waals surface area contributed by atoms with Gasteiger partial charge in [-0.05, 0) is 59.5 Å². The molecule has 0 saturated heterocycles. The molecule has 34 heavy (non-hydrogen) atoms. The van der Waals surface area contributed by atoms with Gasteiger partial charge in [0.05, 0.1) is 18.2 Å². The van der Waals surface area contributed by atoms with Gasteiger partial charge in [0.1, 0.15) is 5.65 Å². The molecule has 0 amide bonds. The molecule has 0 N–H and O–H groups in total. The molecule has 2 aromatic heterocycles. The number of rotatable bonds is 5. The Balaban J connectivity index is 1.51. The first kappa shape index (κ1) is 21.9. The quantitative estimate of drug-likeness (QED) is 0.462. The predicted octanol–water partition coefficient (Wildman–Crippen LogP) is 3.94. The van der Waals surface area contributed by atoms with Crippen LogP contribution in [0.1, 0.15) is 27.8 Å². The average molecular weight is 450 g/mol. The molecule has 0 spiro atoms. The third-order valence-corrected chi connectivity index (χ3v) is 6.55. The Morgan fingerprint density at radius 1 is 1.00 bits per heavy atom. The number of fused-ring (bicyclic) bond motifs is 3. The van der Waals surface area contributed by atoms with Crippen molar-refractivity contribution in [1.29, 1.82) is 5.26 Å². The highest BCUT2D eigenvalue weighted by Crippen LogP contribution is 2.26. The summed E-state index contributed by atoms with van der Waals surface area (Å²) in [5, 5.41) is 10.3. The van der Waals surface area contributed by atoms with E-state index in [0.29, 0.717) is 25.2 Å². The molecular formula is C28H27N5O. The Morgan fingerprint density at radius 2 is 1.82 bits per heavy atom. The maximum Gasteiger partial charge on any atom is 0.257 e. The van der Waals surface area contributed by atoms with Crippen molar-refractivity contribution >= 4 is 16.7 Å². The van der Waals surface area contributed by atoms with E-state index in [0.717, 1.165) is 51.9 Å². The number of hydrogen-bond acceptors (Lipinski definition) is 5. The number of benzene rings is 2. The fourth-order valence-corrected chi connectivity index (χ4v) is 4.78. The van der Waals surface area contributed by atoms with Crippen molar-refractivity contribution in [3.05, 3.63) is 105 Å². The first-order chi connectivity index (χ1) is 16.5. The van der Waals surface area contributed by atoms with Crippen LogP contribution in [-0.2, 0) is 26.1 Å². The highest BCUT2D eigenvalue weighted by atomic mass is 16.1. The summed E-state index contributed by atoms with van der Waals surface area (Å²) in [6, 6.07) is 22.2. The fourth-order valence-electron chi connectivity index (χ4n) is 4.78. The smallest absolute Gasteiger partial charge is 0.257 e. The molecule has 4 aromatic rings. The van der Waals surface area contributed by atoms with Gasteiger partial charge in [-0.25, -0.2) is 4.98 Å². The summed E-state index contributed by atoms with van der Waals surface area (Å²) in [7, 11) is 4.03. The van der Waals surface area contributed by atoms with Crippen LogP contribution in [0.15, 0.2) is 71.7 Å². The predicted molar refractivity (Wildman–Crippen MR) is 135 cm³/mol. The van der Waals surface area contributed by atoms with E-state index >= 15 is 0 Å². The SMILES string of the molecule is CN(C)c1ccc(Cn2c(=O)c3c(c4cccnc42)CCN(Cc2cccc(C#N)c2)C3)cc1. The Labute approximate surface area is 199 Å². The van der Waals surface area contributed by atoms with Gasteiger partial charge in [0.2, 0.25) is 0 Å². The van der Waals surface area contributed by atoms with Crippen molar-refractivity contribution in [1.82, 2.24) is 14.5 Å². The lowest BCUT2D eigenvalue weighted by Crippen LogP contribution is -2.37. The molecule has 1 aliphatic heterocycles. The second-order valence-corrected chi connectivity index (χ2v) is 9.06. The van der Waals surface area contributed by atoms with Crippen molar-refractivity contribution in [2.24, 2.45) is 0 Å². The van der Waals surface area contributed by atoms with Crippen LogP contribution < -0.4 is 10.5 Å². The van der Waals surface area contributed by atoms with E-state index in [4.69, 9.17) is 0 Å². The third-order valence-electron chi connectivity index (χ3n) is 6.55. The average Bonchev–Trinajstić information content (AvgIpc) is 2.87. The van der Waals surface area contributed by atoms with Crippen molar-refractivity contribution in [2.45, 2.75) is 26.1 Å². The minimum atomic E-state index is 0.0355. The van der Waals surface area contributed by atoms with E-state index in [9.17, 15) is 10.1 Å². The minimum absolute atomic E-state index is 0.0355. The molecule has 0 fully saturated rings. The normalized spacial score (nSPS) is 13.4. The van der Waals surface area contributed by atoms with E-state index in [1.54, 1.807) is 6.20 Å². The van der Waals surface area contributed by atoms with Crippen molar-refractivity contribution in [3.8, 4) is 6.07 Å². The van der Waals surface area contributed by atoms with Gasteiger partial charge >= 0.3 is 0 Å². The Morgan fingerprint density at radius 3 is 2.59 bits per heavy atom. The molecule has 1 aliphatic rings. The van der Waals surface area contributed by atoms with Crippen molar-refractivity contribution in [3.63, 3.8) is 0 Å². The van der Waals surface area contributed by atoms with E-state index in [1.807, 2.05) is 49.0 Å². The highest BCUT2D eigenvalue weighted by Gasteiger charge is 2.24. The highest BCUT2D eigenvalue weighted by molar-refractivity contribution is 5.80. The van der Waals surface area contributed by atoms with E-state index in [-0.39, 0.29) is 5.56 Å². The van der Waals surface area contributed by atoms with Gasteiger partial charge in [-0.15, -0.1) is 0 Å². The standard InChI is InChI=1S/C28H27N5O/c1-31(2)23-10-8-20(9-11-23)18-33-27-25(7-4-13-30-27)24-12-14-32(19-26(24)28(33)34)17-22-6-3-5-21(15-22)16-29/h3-11,13,15H,12,14,17-19H2,1-2H3. The molecule has 0 unspecified atom stereocenters. The lowest BCUT2D eigenvalue weighted by Gasteiger charge is -2.30. The van der Waals surface area contributed by atoms with Crippen molar-refractivity contribution in [2.75, 3.05) is 25.5 Å². The molecule has 170 valence electrons. The minimum Gasteiger partial charge on any atom is -0.378 e. The van der Waals surface area contributed by atoms with Crippen LogP contribution >= 0.6 is 0 Å². The van der Waals surface area contributed by atoms with E-state index in [2.05, 4.69) is 51.2 Å². The second kappa shape index (κ2) is 9.12. The van der Waals surface area contributed by atoms with Crippen molar-refractivity contribution < 1.29 is 0 Å². The van der Waals surface area contributed by atoms with Crippen LogP contribution in [0, 0.1) is 11.3 Å². The summed E-state index contributed by atoms with van der Waals surface area (Å²) >= 11 is 0. The zero-order valence-electron chi connectivity index (χ0n) is 19.5. The van der Waals surface area contributed by atoms with Gasteiger partial charge in [-0.3, -0.25) is 14.3 Å². The van der Waals surface area contributed by atoms with Gasteiger partial charge in [0.15, 0.2) is 0 Å². The molecule has 0 bridgehead atoms. The zero-order valence-corrected chi connectivity index (χ0v) is 19.5. The van der Waals surface area contributed by atoms with Gasteiger partial charge in [0, 0.05) is 56.6 Å². The number of nitrogens with zero attached hydrogens (tertiary/aromatic N) is 5. The molecule has 0 atom stereocenters. The van der Waals surface area contributed by atoms with E-state index < -0.39 is 0 Å². The summed E-state index contributed by atoms with van der Waals surface area (Å²) in [5.41, 5.74) is 6.70. The molecule has 2 aromatic carbocycles. The molecule has 6 nitrogen and oxygen atoms in total. The lowest BCUT2D eigenvalue weighted by molar-refractivity contribution is 0.244. The van der Waals surface area contributed by atoms with Gasteiger partial charge in [-0.1, -0.05) is 24.3 Å². The fraction of sp³-hybridized carbons (Fsp3) is 0.250. The molecule has 6 heteroatoms. The Kier molecular flexibility index (Phi) is 5.87. The number of anilines is 1. The van der Waals surface area contributed by atoms with Crippen LogP contribution in [-0.4, -0.2) is 35.1 Å². The van der Waals surface area contributed by atoms with Crippen LogP contribution in [0.5, 0.6) is 0 Å². The summed E-state index contributed by atoms with van der Waals surface area (Å²) in [4.78, 5) is 22.7. The molecular weight excluding hydrogens is 422 g/mol. The molecule has 5 rings (SSSR count). The zero-order chi connectivity index (χ0) is 23.7. The van der Waals surface area contributed by atoms with Crippen LogP contribution in [0.4, 0.5) is 5.69 Å². The summed E-state index contributed by atoms with van der Waals surface area (Å²) in [6.45, 7) is 2.65. The summed E-state index contributed by atoms with van der Waals surface area (Å²) < 4.78 is 1.82. The summed E-state index contributed by atoms with van der Waals surface area (Å²) in [5.74, 6) is 0. The maximum atomic E-state index is 13.8. The molecule has 3 heterocycles. The Hall–Kier alpha value is -3.95. The van der Waals surface area contributed by atoms with Gasteiger partial charge in [-0.2, -0.15) is 5.26 Å². The number of pyridine rings is 2. The first-order valence-corrected chi connectivity index (χ1v) is 11.5. The number of nitriles is 1. The monoisotopic (exact) mass is 449 g/mol. The van der Waals surface area contributed by atoms with Crippen LogP contribution in [0.2, 0.25) is 0 Å². The molecule has 0 aliphatic carbocycles. The first-order valence-electron chi connectivity index (χ1n) is 11.5. The number of aromatic nitrogens is 2. The topological polar surface area (TPSA) is 65.2 Å². The second-order valence-electron chi connectivity index (χ2n) is 9.06. The van der Waals surface area contributed by atoms with E-state index in [1.165, 1.54) is 0 Å². The van der Waals surface area contributed by atoms with Gasteiger partial charge < -0.3 is 4.90 Å².